The Morgan fingerprint density at radius 2 is 1.03 bits per heavy atom. The summed E-state index contributed by atoms with van der Waals surface area (Å²) < 4.78 is 52.4. The number of hydrogen-bond acceptors (Lipinski definition) is 2. The number of amides is 2. The highest BCUT2D eigenvalue weighted by molar-refractivity contribution is 5.94. The fourth-order valence-corrected chi connectivity index (χ4v) is 2.69. The van der Waals surface area contributed by atoms with Crippen LogP contribution in [0.5, 0.6) is 0 Å². The van der Waals surface area contributed by atoms with Crippen LogP contribution in [0.1, 0.15) is 31.8 Å². The van der Waals surface area contributed by atoms with E-state index in [0.29, 0.717) is 11.1 Å². The molecule has 0 saturated carbocycles. The van der Waals surface area contributed by atoms with E-state index in [9.17, 15) is 27.2 Å². The molecule has 0 aliphatic carbocycles. The van der Waals surface area contributed by atoms with Crippen LogP contribution >= 0.6 is 0 Å². The summed E-state index contributed by atoms with van der Waals surface area (Å²) in [6.07, 6.45) is 0. The summed E-state index contributed by atoms with van der Waals surface area (Å²) in [6, 6.07) is 12.7. The molecule has 0 saturated heterocycles. The molecule has 2 amide bonds. The second-order valence-electron chi connectivity index (χ2n) is 6.44. The van der Waals surface area contributed by atoms with Gasteiger partial charge >= 0.3 is 0 Å². The normalized spacial score (nSPS) is 10.5. The molecular formula is C22H16F4N2O2. The maximum absolute atomic E-state index is 13.2. The van der Waals surface area contributed by atoms with Gasteiger partial charge in [0.05, 0.1) is 0 Å². The average molecular weight is 416 g/mol. The van der Waals surface area contributed by atoms with Gasteiger partial charge in [-0.2, -0.15) is 0 Å². The highest BCUT2D eigenvalue weighted by atomic mass is 19.2. The molecule has 154 valence electrons. The Hall–Kier alpha value is -3.68. The average Bonchev–Trinajstić information content (AvgIpc) is 2.74. The Morgan fingerprint density at radius 1 is 0.600 bits per heavy atom. The molecule has 8 heteroatoms. The van der Waals surface area contributed by atoms with E-state index >= 15 is 0 Å². The van der Waals surface area contributed by atoms with E-state index in [1.807, 2.05) is 0 Å². The predicted molar refractivity (Wildman–Crippen MR) is 101 cm³/mol. The van der Waals surface area contributed by atoms with Crippen molar-refractivity contribution in [1.82, 2.24) is 10.6 Å². The highest BCUT2D eigenvalue weighted by Crippen LogP contribution is 2.11. The fourth-order valence-electron chi connectivity index (χ4n) is 2.69. The number of halogens is 4. The molecule has 30 heavy (non-hydrogen) atoms. The monoisotopic (exact) mass is 416 g/mol. The van der Waals surface area contributed by atoms with Gasteiger partial charge in [0.1, 0.15) is 0 Å². The lowest BCUT2D eigenvalue weighted by Gasteiger charge is -2.09. The molecule has 0 bridgehead atoms. The lowest BCUT2D eigenvalue weighted by atomic mass is 10.1. The molecule has 0 aromatic heterocycles. The van der Waals surface area contributed by atoms with Crippen LogP contribution in [-0.2, 0) is 13.1 Å². The standard InChI is InChI=1S/C22H16F4N2O2/c23-17-6-4-15(9-19(17)25)21(29)27-11-13-2-1-3-14(8-13)12-28-22(30)16-5-7-18(24)20(26)10-16/h1-10H,11-12H2,(H,27,29)(H,28,30). The van der Waals surface area contributed by atoms with Crippen molar-refractivity contribution in [3.8, 4) is 0 Å². The molecule has 3 rings (SSSR count). The Labute approximate surface area is 169 Å². The van der Waals surface area contributed by atoms with E-state index < -0.39 is 35.1 Å². The van der Waals surface area contributed by atoms with E-state index in [2.05, 4.69) is 10.6 Å². The van der Waals surface area contributed by atoms with Gasteiger partial charge in [0.2, 0.25) is 0 Å². The number of carbonyl (C=O) groups is 2. The summed E-state index contributed by atoms with van der Waals surface area (Å²) in [6.45, 7) is 0.256. The first-order valence-electron chi connectivity index (χ1n) is 8.88. The minimum absolute atomic E-state index is 0.0103. The van der Waals surface area contributed by atoms with Crippen molar-refractivity contribution in [3.63, 3.8) is 0 Å². The second-order valence-corrected chi connectivity index (χ2v) is 6.44. The maximum atomic E-state index is 13.2. The number of nitrogens with one attached hydrogen (secondary N) is 2. The number of carbonyl (C=O) groups excluding carboxylic acids is 2. The largest absolute Gasteiger partial charge is 0.348 e. The van der Waals surface area contributed by atoms with Gasteiger partial charge in [-0.1, -0.05) is 24.3 Å². The van der Waals surface area contributed by atoms with Crippen LogP contribution < -0.4 is 10.6 Å². The first-order valence-corrected chi connectivity index (χ1v) is 8.88. The summed E-state index contributed by atoms with van der Waals surface area (Å²) in [4.78, 5) is 24.2. The number of rotatable bonds is 6. The van der Waals surface area contributed by atoms with Crippen molar-refractivity contribution < 1.29 is 27.2 Å². The number of hydrogen-bond donors (Lipinski definition) is 2. The molecule has 0 fully saturated rings. The van der Waals surface area contributed by atoms with Crippen molar-refractivity contribution in [2.75, 3.05) is 0 Å². The third-order valence-electron chi connectivity index (χ3n) is 4.26. The Kier molecular flexibility index (Phi) is 6.46. The van der Waals surface area contributed by atoms with Crippen LogP contribution in [0.4, 0.5) is 17.6 Å². The first-order chi connectivity index (χ1) is 14.3. The Bertz CT molecular complexity index is 1020. The fraction of sp³-hybridized carbons (Fsp3) is 0.0909. The third kappa shape index (κ3) is 5.22. The first kappa shape index (κ1) is 21.0. The lowest BCUT2D eigenvalue weighted by molar-refractivity contribution is 0.0943. The number of benzene rings is 3. The van der Waals surface area contributed by atoms with E-state index in [0.717, 1.165) is 24.3 Å². The van der Waals surface area contributed by atoms with E-state index in [-0.39, 0.29) is 24.2 Å². The second kappa shape index (κ2) is 9.21. The summed E-state index contributed by atoms with van der Waals surface area (Å²) in [5, 5.41) is 5.20. The van der Waals surface area contributed by atoms with Gasteiger partial charge < -0.3 is 10.6 Å². The molecule has 0 aliphatic rings. The molecule has 0 spiro atoms. The minimum atomic E-state index is -1.11. The molecule has 0 unspecified atom stereocenters. The topological polar surface area (TPSA) is 58.2 Å². The molecule has 0 heterocycles. The van der Waals surface area contributed by atoms with Gasteiger partial charge in [-0.25, -0.2) is 17.6 Å². The Morgan fingerprint density at radius 3 is 1.43 bits per heavy atom. The van der Waals surface area contributed by atoms with Gasteiger partial charge in [-0.3, -0.25) is 9.59 Å². The van der Waals surface area contributed by atoms with Crippen LogP contribution in [-0.4, -0.2) is 11.8 Å². The van der Waals surface area contributed by atoms with Crippen molar-refractivity contribution in [3.05, 3.63) is 106 Å². The molecule has 0 radical (unpaired) electrons. The molecule has 4 nitrogen and oxygen atoms in total. The van der Waals surface area contributed by atoms with Gasteiger partial charge in [0.15, 0.2) is 23.3 Å². The predicted octanol–water partition coefficient (Wildman–Crippen LogP) is 4.10. The lowest BCUT2D eigenvalue weighted by Crippen LogP contribution is -2.24. The molecule has 3 aromatic carbocycles. The van der Waals surface area contributed by atoms with Gasteiger partial charge in [0.25, 0.3) is 11.8 Å². The smallest absolute Gasteiger partial charge is 0.251 e. The van der Waals surface area contributed by atoms with E-state index in [4.69, 9.17) is 0 Å². The Balaban J connectivity index is 1.57. The van der Waals surface area contributed by atoms with Crippen molar-refractivity contribution in [2.45, 2.75) is 13.1 Å². The summed E-state index contributed by atoms with van der Waals surface area (Å²) >= 11 is 0. The van der Waals surface area contributed by atoms with Crippen LogP contribution in [0.2, 0.25) is 0 Å². The van der Waals surface area contributed by atoms with Crippen molar-refractivity contribution in [2.24, 2.45) is 0 Å². The molecule has 2 N–H and O–H groups in total. The summed E-state index contributed by atoms with van der Waals surface area (Å²) in [7, 11) is 0. The zero-order chi connectivity index (χ0) is 21.7. The van der Waals surface area contributed by atoms with E-state index in [1.165, 1.54) is 12.1 Å². The quantitative estimate of drug-likeness (QED) is 0.595. The molecular weight excluding hydrogens is 400 g/mol. The molecule has 3 aromatic rings. The van der Waals surface area contributed by atoms with Crippen LogP contribution in [0, 0.1) is 23.3 Å². The van der Waals surface area contributed by atoms with Crippen LogP contribution in [0.3, 0.4) is 0 Å². The zero-order valence-electron chi connectivity index (χ0n) is 15.5. The zero-order valence-corrected chi connectivity index (χ0v) is 15.5. The minimum Gasteiger partial charge on any atom is -0.348 e. The maximum Gasteiger partial charge on any atom is 0.251 e. The highest BCUT2D eigenvalue weighted by Gasteiger charge is 2.11. The van der Waals surface area contributed by atoms with Gasteiger partial charge in [-0.15, -0.1) is 0 Å². The van der Waals surface area contributed by atoms with Crippen molar-refractivity contribution in [1.29, 1.82) is 0 Å². The summed E-state index contributed by atoms with van der Waals surface area (Å²) in [5.41, 5.74) is 1.41. The van der Waals surface area contributed by atoms with Crippen LogP contribution in [0.25, 0.3) is 0 Å². The van der Waals surface area contributed by atoms with Crippen molar-refractivity contribution >= 4 is 11.8 Å². The molecule has 0 aliphatic heterocycles. The molecule has 0 atom stereocenters. The van der Waals surface area contributed by atoms with Crippen LogP contribution in [0.15, 0.2) is 60.7 Å². The third-order valence-corrected chi connectivity index (χ3v) is 4.26. The van der Waals surface area contributed by atoms with Gasteiger partial charge in [0, 0.05) is 24.2 Å². The van der Waals surface area contributed by atoms with Gasteiger partial charge in [-0.05, 0) is 47.5 Å². The summed E-state index contributed by atoms with van der Waals surface area (Å²) in [5.74, 6) is -5.42. The van der Waals surface area contributed by atoms with E-state index in [1.54, 1.807) is 24.3 Å². The SMILES string of the molecule is O=C(NCc1cccc(CNC(=O)c2ccc(F)c(F)c2)c1)c1ccc(F)c(F)c1.